The molecule has 1 nitrogen and oxygen atoms in total. The number of benzene rings is 1. The molecule has 1 unspecified atom stereocenters. The lowest BCUT2D eigenvalue weighted by Gasteiger charge is -2.23. The van der Waals surface area contributed by atoms with Gasteiger partial charge in [-0.3, -0.25) is 4.79 Å². The Morgan fingerprint density at radius 1 is 1.33 bits per heavy atom. The van der Waals surface area contributed by atoms with Crippen molar-refractivity contribution >= 4 is 17.5 Å². The third kappa shape index (κ3) is 2.00. The number of Topliss-reactive ketones (excluding diaryl/α,β-unsaturated/α-hetero) is 1. The van der Waals surface area contributed by atoms with Gasteiger partial charge in [-0.05, 0) is 31.2 Å². The Labute approximate surface area is 94.6 Å². The number of rotatable bonds is 2. The van der Waals surface area contributed by atoms with Crippen LogP contribution in [0.1, 0.15) is 25.8 Å². The maximum Gasteiger partial charge on any atom is 0.156 e. The number of allylic oxidation sites excluding steroid dienone is 1. The highest BCUT2D eigenvalue weighted by Crippen LogP contribution is 2.48. The second kappa shape index (κ2) is 3.86. The lowest BCUT2D eigenvalue weighted by atomic mass is 9.92. The Morgan fingerprint density at radius 3 is 2.53 bits per heavy atom. The van der Waals surface area contributed by atoms with E-state index in [-0.39, 0.29) is 10.5 Å². The van der Waals surface area contributed by atoms with Gasteiger partial charge in [0.15, 0.2) is 5.78 Å². The fourth-order valence-electron chi connectivity index (χ4n) is 1.82. The highest BCUT2D eigenvalue weighted by atomic mass is 32.2. The van der Waals surface area contributed by atoms with E-state index in [9.17, 15) is 4.79 Å². The highest BCUT2D eigenvalue weighted by molar-refractivity contribution is 8.03. The molecule has 0 fully saturated rings. The van der Waals surface area contributed by atoms with Gasteiger partial charge in [0.1, 0.15) is 0 Å². The van der Waals surface area contributed by atoms with Crippen LogP contribution in [0.5, 0.6) is 0 Å². The minimum atomic E-state index is 0.0439. The Bertz CT molecular complexity index is 408. The lowest BCUT2D eigenvalue weighted by molar-refractivity contribution is -0.113. The van der Waals surface area contributed by atoms with Crippen LogP contribution in [0.2, 0.25) is 0 Å². The number of carbonyl (C=O) groups is 1. The number of carbonyl (C=O) groups excluding carboxylic acids is 1. The summed E-state index contributed by atoms with van der Waals surface area (Å²) in [4.78, 5) is 11.3. The van der Waals surface area contributed by atoms with Crippen molar-refractivity contribution in [1.82, 2.24) is 0 Å². The van der Waals surface area contributed by atoms with E-state index in [0.29, 0.717) is 0 Å². The van der Waals surface area contributed by atoms with E-state index in [1.807, 2.05) is 23.6 Å². The van der Waals surface area contributed by atoms with Crippen LogP contribution in [0.4, 0.5) is 0 Å². The molecule has 1 aliphatic heterocycles. The minimum Gasteiger partial charge on any atom is -0.295 e. The summed E-state index contributed by atoms with van der Waals surface area (Å²) in [6.07, 6.45) is 0.844. The fraction of sp³-hybridized carbons (Fsp3) is 0.308. The molecule has 0 spiro atoms. The van der Waals surface area contributed by atoms with Crippen LogP contribution in [0, 0.1) is 0 Å². The molecule has 2 heteroatoms. The summed E-state index contributed by atoms with van der Waals surface area (Å²) in [6.45, 7) is 3.84. The number of hydrogen-bond acceptors (Lipinski definition) is 2. The average Bonchev–Trinajstić information content (AvgIpc) is 2.64. The number of ketones is 1. The van der Waals surface area contributed by atoms with Crippen LogP contribution in [0.3, 0.4) is 0 Å². The largest absolute Gasteiger partial charge is 0.295 e. The Hall–Kier alpha value is -1.02. The van der Waals surface area contributed by atoms with Crippen LogP contribution >= 0.6 is 11.8 Å². The zero-order valence-corrected chi connectivity index (χ0v) is 9.80. The van der Waals surface area contributed by atoms with Gasteiger partial charge in [-0.1, -0.05) is 30.3 Å². The topological polar surface area (TPSA) is 17.1 Å². The van der Waals surface area contributed by atoms with Gasteiger partial charge in [0.25, 0.3) is 0 Å². The Kier molecular flexibility index (Phi) is 2.70. The van der Waals surface area contributed by atoms with Gasteiger partial charge in [0, 0.05) is 10.3 Å². The molecule has 0 radical (unpaired) electrons. The van der Waals surface area contributed by atoms with Crippen LogP contribution in [-0.4, -0.2) is 5.78 Å². The highest BCUT2D eigenvalue weighted by Gasteiger charge is 2.33. The summed E-state index contributed by atoms with van der Waals surface area (Å²) in [7, 11) is 0. The van der Waals surface area contributed by atoms with Gasteiger partial charge < -0.3 is 0 Å². The lowest BCUT2D eigenvalue weighted by Crippen LogP contribution is -2.15. The third-order valence-corrected chi connectivity index (χ3v) is 4.13. The second-order valence-corrected chi connectivity index (χ2v) is 5.46. The van der Waals surface area contributed by atoms with Crippen molar-refractivity contribution in [2.45, 2.75) is 25.0 Å². The fourth-order valence-corrected chi connectivity index (χ4v) is 2.98. The molecule has 0 amide bonds. The van der Waals surface area contributed by atoms with Crippen molar-refractivity contribution in [1.29, 1.82) is 0 Å². The Balaban J connectivity index is 2.23. The van der Waals surface area contributed by atoms with Crippen molar-refractivity contribution in [2.24, 2.45) is 0 Å². The predicted octanol–water partition coefficient (Wildman–Crippen LogP) is 3.51. The molecule has 1 heterocycles. The van der Waals surface area contributed by atoms with Crippen molar-refractivity contribution in [3.63, 3.8) is 0 Å². The molecular formula is C13H14OS. The SMILES string of the molecule is CC(=O)C1=CSC(C)(c2ccccc2)C1. The molecule has 0 saturated heterocycles. The van der Waals surface area contributed by atoms with E-state index in [2.05, 4.69) is 19.1 Å². The average molecular weight is 218 g/mol. The van der Waals surface area contributed by atoms with Gasteiger partial charge in [0.2, 0.25) is 0 Å². The second-order valence-electron chi connectivity index (χ2n) is 4.09. The van der Waals surface area contributed by atoms with Crippen LogP contribution in [-0.2, 0) is 9.54 Å². The van der Waals surface area contributed by atoms with E-state index in [4.69, 9.17) is 0 Å². The molecule has 0 aromatic heterocycles. The first-order valence-corrected chi connectivity index (χ1v) is 5.93. The summed E-state index contributed by atoms with van der Waals surface area (Å²) < 4.78 is 0.0439. The van der Waals surface area contributed by atoms with Crippen LogP contribution < -0.4 is 0 Å². The summed E-state index contributed by atoms with van der Waals surface area (Å²) in [5.74, 6) is 0.196. The van der Waals surface area contributed by atoms with E-state index < -0.39 is 0 Å². The maximum atomic E-state index is 11.3. The molecule has 0 aliphatic carbocycles. The van der Waals surface area contributed by atoms with Crippen LogP contribution in [0.25, 0.3) is 0 Å². The maximum absolute atomic E-state index is 11.3. The normalized spacial score (nSPS) is 25.1. The van der Waals surface area contributed by atoms with Crippen molar-refractivity contribution in [3.8, 4) is 0 Å². The zero-order chi connectivity index (χ0) is 10.9. The first kappa shape index (κ1) is 10.5. The van der Waals surface area contributed by atoms with Gasteiger partial charge in [-0.25, -0.2) is 0 Å². The van der Waals surface area contributed by atoms with Gasteiger partial charge in [-0.15, -0.1) is 11.8 Å². The minimum absolute atomic E-state index is 0.0439. The van der Waals surface area contributed by atoms with Gasteiger partial charge >= 0.3 is 0 Å². The molecule has 1 aromatic rings. The Morgan fingerprint density at radius 2 is 2.00 bits per heavy atom. The monoisotopic (exact) mass is 218 g/mol. The summed E-state index contributed by atoms with van der Waals surface area (Å²) in [5.41, 5.74) is 2.24. The number of thioether (sulfide) groups is 1. The van der Waals surface area contributed by atoms with Crippen molar-refractivity contribution < 1.29 is 4.79 Å². The van der Waals surface area contributed by atoms with E-state index in [1.165, 1.54) is 5.56 Å². The van der Waals surface area contributed by atoms with E-state index in [0.717, 1.165) is 12.0 Å². The first-order chi connectivity index (χ1) is 7.12. The van der Waals surface area contributed by atoms with Gasteiger partial charge in [0.05, 0.1) is 0 Å². The smallest absolute Gasteiger partial charge is 0.156 e. The summed E-state index contributed by atoms with van der Waals surface area (Å²) >= 11 is 1.75. The molecule has 1 aromatic carbocycles. The molecule has 15 heavy (non-hydrogen) atoms. The van der Waals surface area contributed by atoms with E-state index in [1.54, 1.807) is 18.7 Å². The molecule has 0 saturated carbocycles. The molecule has 0 N–H and O–H groups in total. The summed E-state index contributed by atoms with van der Waals surface area (Å²) in [5, 5.41) is 2.01. The zero-order valence-electron chi connectivity index (χ0n) is 8.99. The van der Waals surface area contributed by atoms with Crippen molar-refractivity contribution in [2.75, 3.05) is 0 Å². The molecule has 0 bridgehead atoms. The van der Waals surface area contributed by atoms with Crippen molar-refractivity contribution in [3.05, 3.63) is 46.9 Å². The predicted molar refractivity (Wildman–Crippen MR) is 64.8 cm³/mol. The number of hydrogen-bond donors (Lipinski definition) is 0. The third-order valence-electron chi connectivity index (χ3n) is 2.83. The van der Waals surface area contributed by atoms with E-state index >= 15 is 0 Å². The molecule has 1 atom stereocenters. The van der Waals surface area contributed by atoms with Gasteiger partial charge in [-0.2, -0.15) is 0 Å². The molecular weight excluding hydrogens is 204 g/mol. The molecule has 1 aliphatic rings. The van der Waals surface area contributed by atoms with Crippen LogP contribution in [0.15, 0.2) is 41.3 Å². The standard InChI is InChI=1S/C13H14OS/c1-10(14)11-8-13(2,15-9-11)12-6-4-3-5-7-12/h3-7,9H,8H2,1-2H3. The quantitative estimate of drug-likeness (QED) is 0.755. The first-order valence-electron chi connectivity index (χ1n) is 5.05. The summed E-state index contributed by atoms with van der Waals surface area (Å²) in [6, 6.07) is 10.4. The molecule has 2 rings (SSSR count). The molecule has 78 valence electrons.